The molecule has 128 valence electrons. The second kappa shape index (κ2) is 5.51. The number of ether oxygens (including phenoxy) is 1. The summed E-state index contributed by atoms with van der Waals surface area (Å²) in [5.74, 6) is -0.101. The normalized spacial score (nSPS) is 27.0. The second-order valence-corrected chi connectivity index (χ2v) is 6.51. The number of benzene rings is 2. The molecule has 0 unspecified atom stereocenters. The van der Waals surface area contributed by atoms with Crippen molar-refractivity contribution in [1.29, 1.82) is 0 Å². The summed E-state index contributed by atoms with van der Waals surface area (Å²) in [5, 5.41) is 5.88. The van der Waals surface area contributed by atoms with E-state index < -0.39 is 17.7 Å². The third-order valence-electron chi connectivity index (χ3n) is 5.05. The quantitative estimate of drug-likeness (QED) is 0.885. The summed E-state index contributed by atoms with van der Waals surface area (Å²) in [4.78, 5) is 26.9. The van der Waals surface area contributed by atoms with Gasteiger partial charge in [0, 0.05) is 18.3 Å². The first-order valence-electron chi connectivity index (χ1n) is 8.19. The van der Waals surface area contributed by atoms with Gasteiger partial charge in [0.25, 0.3) is 0 Å². The van der Waals surface area contributed by atoms with Crippen molar-refractivity contribution < 1.29 is 14.3 Å². The lowest BCUT2D eigenvalue weighted by molar-refractivity contribution is -0.150. The first kappa shape index (κ1) is 15.5. The van der Waals surface area contributed by atoms with E-state index in [0.29, 0.717) is 11.4 Å². The highest BCUT2D eigenvalue weighted by Gasteiger charge is 2.58. The number of rotatable bonds is 2. The number of hydrogen-bond acceptors (Lipinski definition) is 3. The Morgan fingerprint density at radius 2 is 1.84 bits per heavy atom. The predicted molar refractivity (Wildman–Crippen MR) is 93.1 cm³/mol. The molecule has 2 aliphatic rings. The molecule has 2 aliphatic heterocycles. The molecule has 0 radical (unpaired) electrons. The Labute approximate surface area is 145 Å². The lowest BCUT2D eigenvalue weighted by Gasteiger charge is -2.53. The molecule has 6 heteroatoms. The Balaban J connectivity index is 1.76. The van der Waals surface area contributed by atoms with Crippen LogP contribution in [0.25, 0.3) is 0 Å². The number of nitrogens with zero attached hydrogens (tertiary/aromatic N) is 1. The van der Waals surface area contributed by atoms with Gasteiger partial charge in [-0.1, -0.05) is 36.4 Å². The van der Waals surface area contributed by atoms with Gasteiger partial charge in [-0.15, -0.1) is 0 Å². The smallest absolute Gasteiger partial charge is 0.320 e. The van der Waals surface area contributed by atoms with Gasteiger partial charge in [0.05, 0.1) is 6.04 Å². The average molecular weight is 337 g/mol. The summed E-state index contributed by atoms with van der Waals surface area (Å²) < 4.78 is 6.15. The van der Waals surface area contributed by atoms with Crippen LogP contribution in [0.5, 0.6) is 5.75 Å². The maximum absolute atomic E-state index is 13.1. The maximum Gasteiger partial charge on any atom is 0.320 e. The van der Waals surface area contributed by atoms with Gasteiger partial charge >= 0.3 is 6.03 Å². The monoisotopic (exact) mass is 337 g/mol. The number of fused-ring (bicyclic) bond motifs is 4. The van der Waals surface area contributed by atoms with Crippen LogP contribution >= 0.6 is 0 Å². The minimum atomic E-state index is -1.07. The largest absolute Gasteiger partial charge is 0.467 e. The van der Waals surface area contributed by atoms with Crippen molar-refractivity contribution in [3.63, 3.8) is 0 Å². The van der Waals surface area contributed by atoms with Crippen LogP contribution in [0.3, 0.4) is 0 Å². The van der Waals surface area contributed by atoms with E-state index in [4.69, 9.17) is 4.74 Å². The van der Waals surface area contributed by atoms with E-state index in [1.54, 1.807) is 14.0 Å². The fraction of sp³-hybridized carbons (Fsp3) is 0.263. The minimum absolute atomic E-state index is 0.194. The van der Waals surface area contributed by atoms with Crippen molar-refractivity contribution in [3.8, 4) is 5.75 Å². The average Bonchev–Trinajstić information content (AvgIpc) is 2.60. The van der Waals surface area contributed by atoms with E-state index in [1.165, 1.54) is 4.90 Å². The van der Waals surface area contributed by atoms with E-state index in [1.807, 2.05) is 54.6 Å². The van der Waals surface area contributed by atoms with Crippen LogP contribution in [-0.2, 0) is 4.79 Å². The van der Waals surface area contributed by atoms with E-state index in [9.17, 15) is 9.59 Å². The molecule has 4 rings (SSSR count). The Hall–Kier alpha value is -3.02. The van der Waals surface area contributed by atoms with Crippen LogP contribution in [0.4, 0.5) is 10.5 Å². The van der Waals surface area contributed by atoms with Gasteiger partial charge in [-0.3, -0.25) is 9.69 Å². The highest BCUT2D eigenvalue weighted by Crippen LogP contribution is 2.47. The van der Waals surface area contributed by atoms with Crippen LogP contribution in [0.2, 0.25) is 0 Å². The van der Waals surface area contributed by atoms with Gasteiger partial charge in [-0.25, -0.2) is 4.79 Å². The predicted octanol–water partition coefficient (Wildman–Crippen LogP) is 2.75. The van der Waals surface area contributed by atoms with Gasteiger partial charge in [0.2, 0.25) is 5.91 Å². The molecule has 1 fully saturated rings. The molecule has 2 heterocycles. The summed E-state index contributed by atoms with van der Waals surface area (Å²) in [6.07, 6.45) is 0. The van der Waals surface area contributed by atoms with Gasteiger partial charge in [-0.2, -0.15) is 0 Å². The molecule has 1 saturated heterocycles. The molecular weight excluding hydrogens is 318 g/mol. The molecule has 0 spiro atoms. The molecule has 25 heavy (non-hydrogen) atoms. The summed E-state index contributed by atoms with van der Waals surface area (Å²) in [6.45, 7) is 1.78. The molecule has 2 aromatic rings. The first-order valence-corrected chi connectivity index (χ1v) is 8.19. The third kappa shape index (κ3) is 2.33. The van der Waals surface area contributed by atoms with Crippen molar-refractivity contribution in [2.75, 3.05) is 12.4 Å². The number of para-hydroxylation sites is 2. The molecule has 2 aromatic carbocycles. The van der Waals surface area contributed by atoms with Crippen molar-refractivity contribution in [2.45, 2.75) is 18.7 Å². The molecule has 0 aliphatic carbocycles. The summed E-state index contributed by atoms with van der Waals surface area (Å²) in [6, 6.07) is 16.1. The zero-order chi connectivity index (χ0) is 17.6. The van der Waals surface area contributed by atoms with E-state index >= 15 is 0 Å². The Kier molecular flexibility index (Phi) is 3.42. The molecule has 3 amide bonds. The van der Waals surface area contributed by atoms with Crippen molar-refractivity contribution in [2.24, 2.45) is 5.92 Å². The number of urea groups is 1. The standard InChI is InChI=1S/C19H19N3O3/c1-19-15(17(23)20-12-8-4-3-5-9-12)16(21-18(24)22(19)2)13-10-6-7-11-14(13)25-19/h3-11,15-16H,1-2H3,(H,20,23)(H,21,24)/t15-,16-,19+/m1/s1. The Bertz CT molecular complexity index is 839. The zero-order valence-electron chi connectivity index (χ0n) is 14.0. The number of nitrogens with one attached hydrogen (secondary N) is 2. The lowest BCUT2D eigenvalue weighted by atomic mass is 9.79. The fourth-order valence-electron chi connectivity index (χ4n) is 3.61. The maximum atomic E-state index is 13.1. The minimum Gasteiger partial charge on any atom is -0.467 e. The Morgan fingerprint density at radius 3 is 2.60 bits per heavy atom. The molecule has 3 atom stereocenters. The van der Waals surface area contributed by atoms with Gasteiger partial charge in [0.1, 0.15) is 11.7 Å². The summed E-state index contributed by atoms with van der Waals surface area (Å²) in [5.41, 5.74) is 0.455. The van der Waals surface area contributed by atoms with E-state index in [2.05, 4.69) is 10.6 Å². The molecular formula is C19H19N3O3. The van der Waals surface area contributed by atoms with E-state index in [0.717, 1.165) is 5.56 Å². The van der Waals surface area contributed by atoms with Crippen LogP contribution in [0.1, 0.15) is 18.5 Å². The molecule has 2 bridgehead atoms. The molecule has 6 nitrogen and oxygen atoms in total. The molecule has 2 N–H and O–H groups in total. The summed E-state index contributed by atoms with van der Waals surface area (Å²) in [7, 11) is 1.64. The first-order chi connectivity index (χ1) is 12.0. The van der Waals surface area contributed by atoms with Gasteiger partial charge in [-0.05, 0) is 25.1 Å². The summed E-state index contributed by atoms with van der Waals surface area (Å²) >= 11 is 0. The number of hydrogen-bond donors (Lipinski definition) is 2. The van der Waals surface area contributed by atoms with Crippen molar-refractivity contribution in [1.82, 2.24) is 10.2 Å². The van der Waals surface area contributed by atoms with Crippen LogP contribution < -0.4 is 15.4 Å². The zero-order valence-corrected chi connectivity index (χ0v) is 14.0. The second-order valence-electron chi connectivity index (χ2n) is 6.51. The topological polar surface area (TPSA) is 70.7 Å². The lowest BCUT2D eigenvalue weighted by Crippen LogP contribution is -2.70. The van der Waals surface area contributed by atoms with Crippen molar-refractivity contribution in [3.05, 3.63) is 60.2 Å². The van der Waals surface area contributed by atoms with Crippen LogP contribution in [0.15, 0.2) is 54.6 Å². The number of amides is 3. The van der Waals surface area contributed by atoms with Crippen LogP contribution in [-0.4, -0.2) is 29.6 Å². The Morgan fingerprint density at radius 1 is 1.16 bits per heavy atom. The molecule has 0 aromatic heterocycles. The van der Waals surface area contributed by atoms with Gasteiger partial charge < -0.3 is 15.4 Å². The highest BCUT2D eigenvalue weighted by molar-refractivity contribution is 5.96. The van der Waals surface area contributed by atoms with Crippen molar-refractivity contribution >= 4 is 17.6 Å². The van der Waals surface area contributed by atoms with Gasteiger partial charge in [0.15, 0.2) is 5.72 Å². The third-order valence-corrected chi connectivity index (χ3v) is 5.05. The van der Waals surface area contributed by atoms with Crippen LogP contribution in [0, 0.1) is 5.92 Å². The number of anilines is 1. The van der Waals surface area contributed by atoms with E-state index in [-0.39, 0.29) is 11.9 Å². The SMILES string of the molecule is CN1C(=O)N[C@@H]2c3ccccc3O[C@@]1(C)[C@H]2C(=O)Nc1ccccc1. The highest BCUT2D eigenvalue weighted by atomic mass is 16.5. The fourth-order valence-corrected chi connectivity index (χ4v) is 3.61. The number of carbonyl (C=O) groups excluding carboxylic acids is 2. The molecule has 0 saturated carbocycles. The number of carbonyl (C=O) groups is 2.